The standard InChI is InChI=1S/C20H20N4O/c1-23-18-9-5-3-7-16(18)22-19(23)14-21-20(25)11-13-24-12-10-15-6-2-4-8-17(15)24/h2-10,12H,11,13-14H2,1H3,(H,21,25). The molecule has 126 valence electrons. The number of hydrogen-bond acceptors (Lipinski definition) is 2. The minimum absolute atomic E-state index is 0.0323. The molecule has 0 aliphatic heterocycles. The van der Waals surface area contributed by atoms with Crippen LogP contribution < -0.4 is 5.32 Å². The van der Waals surface area contributed by atoms with E-state index >= 15 is 0 Å². The van der Waals surface area contributed by atoms with Crippen molar-refractivity contribution >= 4 is 27.8 Å². The van der Waals surface area contributed by atoms with E-state index in [4.69, 9.17) is 0 Å². The van der Waals surface area contributed by atoms with Gasteiger partial charge in [-0.3, -0.25) is 4.79 Å². The molecule has 0 unspecified atom stereocenters. The molecule has 5 nitrogen and oxygen atoms in total. The third-order valence-electron chi connectivity index (χ3n) is 4.58. The molecule has 0 spiro atoms. The lowest BCUT2D eigenvalue weighted by molar-refractivity contribution is -0.121. The summed E-state index contributed by atoms with van der Waals surface area (Å²) in [5.41, 5.74) is 3.18. The second-order valence-corrected chi connectivity index (χ2v) is 6.17. The average Bonchev–Trinajstić information content (AvgIpc) is 3.20. The summed E-state index contributed by atoms with van der Waals surface area (Å²) in [5.74, 6) is 0.894. The molecule has 4 rings (SSSR count). The smallest absolute Gasteiger partial charge is 0.222 e. The van der Waals surface area contributed by atoms with Crippen molar-refractivity contribution in [3.63, 3.8) is 0 Å². The van der Waals surface area contributed by atoms with Crippen molar-refractivity contribution in [3.05, 3.63) is 66.6 Å². The van der Waals surface area contributed by atoms with Crippen LogP contribution in [0.5, 0.6) is 0 Å². The van der Waals surface area contributed by atoms with E-state index in [1.807, 2.05) is 54.2 Å². The minimum atomic E-state index is 0.0323. The molecular weight excluding hydrogens is 312 g/mol. The number of amides is 1. The molecule has 5 heteroatoms. The number of carbonyl (C=O) groups is 1. The van der Waals surface area contributed by atoms with Crippen molar-refractivity contribution in [2.45, 2.75) is 19.5 Å². The summed E-state index contributed by atoms with van der Waals surface area (Å²) < 4.78 is 4.14. The number of imidazole rings is 1. The molecule has 1 N–H and O–H groups in total. The number of rotatable bonds is 5. The van der Waals surface area contributed by atoms with E-state index < -0.39 is 0 Å². The number of benzene rings is 2. The van der Waals surface area contributed by atoms with Crippen molar-refractivity contribution < 1.29 is 4.79 Å². The van der Waals surface area contributed by atoms with Crippen LogP contribution in [0.1, 0.15) is 12.2 Å². The first-order chi connectivity index (χ1) is 12.2. The Morgan fingerprint density at radius 2 is 1.80 bits per heavy atom. The van der Waals surface area contributed by atoms with E-state index in [1.54, 1.807) is 0 Å². The van der Waals surface area contributed by atoms with Gasteiger partial charge < -0.3 is 14.5 Å². The number of nitrogens with zero attached hydrogens (tertiary/aromatic N) is 3. The van der Waals surface area contributed by atoms with Crippen molar-refractivity contribution in [1.82, 2.24) is 19.4 Å². The highest BCUT2D eigenvalue weighted by Gasteiger charge is 2.09. The van der Waals surface area contributed by atoms with Crippen LogP contribution in [0, 0.1) is 0 Å². The molecule has 0 aliphatic rings. The number of nitrogens with one attached hydrogen (secondary N) is 1. The predicted octanol–water partition coefficient (Wildman–Crippen LogP) is 3.23. The van der Waals surface area contributed by atoms with Gasteiger partial charge in [-0.05, 0) is 29.7 Å². The van der Waals surface area contributed by atoms with Gasteiger partial charge in [0.05, 0.1) is 17.6 Å². The minimum Gasteiger partial charge on any atom is -0.349 e. The Labute approximate surface area is 145 Å². The Kier molecular flexibility index (Phi) is 3.98. The summed E-state index contributed by atoms with van der Waals surface area (Å²) in [7, 11) is 1.97. The topological polar surface area (TPSA) is 51.9 Å². The second-order valence-electron chi connectivity index (χ2n) is 6.17. The molecule has 0 radical (unpaired) electrons. The van der Waals surface area contributed by atoms with Crippen molar-refractivity contribution in [2.24, 2.45) is 7.05 Å². The number of para-hydroxylation sites is 3. The monoisotopic (exact) mass is 332 g/mol. The van der Waals surface area contributed by atoms with Crippen LogP contribution in [0.15, 0.2) is 60.8 Å². The van der Waals surface area contributed by atoms with Crippen molar-refractivity contribution in [2.75, 3.05) is 0 Å². The molecule has 25 heavy (non-hydrogen) atoms. The molecule has 0 bridgehead atoms. The van der Waals surface area contributed by atoms with Crippen LogP contribution in [-0.4, -0.2) is 20.0 Å². The summed E-state index contributed by atoms with van der Waals surface area (Å²) >= 11 is 0. The van der Waals surface area contributed by atoms with Gasteiger partial charge in [-0.1, -0.05) is 30.3 Å². The first-order valence-electron chi connectivity index (χ1n) is 8.43. The fraction of sp³-hybridized carbons (Fsp3) is 0.200. The zero-order valence-electron chi connectivity index (χ0n) is 14.1. The van der Waals surface area contributed by atoms with E-state index in [-0.39, 0.29) is 5.91 Å². The predicted molar refractivity (Wildman–Crippen MR) is 99.1 cm³/mol. The molecule has 0 fully saturated rings. The number of fused-ring (bicyclic) bond motifs is 2. The largest absolute Gasteiger partial charge is 0.349 e. The first kappa shape index (κ1) is 15.4. The Bertz CT molecular complexity index is 1040. The third kappa shape index (κ3) is 3.01. The van der Waals surface area contributed by atoms with Gasteiger partial charge in [0.1, 0.15) is 5.82 Å². The Morgan fingerprint density at radius 1 is 1.04 bits per heavy atom. The van der Waals surface area contributed by atoms with Crippen LogP contribution in [0.2, 0.25) is 0 Å². The fourth-order valence-electron chi connectivity index (χ4n) is 3.18. The first-order valence-corrected chi connectivity index (χ1v) is 8.43. The van der Waals surface area contributed by atoms with Gasteiger partial charge in [0.15, 0.2) is 0 Å². The molecule has 2 heterocycles. The number of aryl methyl sites for hydroxylation is 2. The number of aromatic nitrogens is 3. The van der Waals surface area contributed by atoms with Gasteiger partial charge in [-0.25, -0.2) is 4.98 Å². The molecule has 4 aromatic rings. The number of carbonyl (C=O) groups excluding carboxylic acids is 1. The Hall–Kier alpha value is -3.08. The van der Waals surface area contributed by atoms with Gasteiger partial charge >= 0.3 is 0 Å². The lowest BCUT2D eigenvalue weighted by atomic mass is 10.2. The molecule has 2 aromatic carbocycles. The maximum atomic E-state index is 12.2. The third-order valence-corrected chi connectivity index (χ3v) is 4.58. The van der Waals surface area contributed by atoms with Gasteiger partial charge in [-0.2, -0.15) is 0 Å². The van der Waals surface area contributed by atoms with Gasteiger partial charge in [0.2, 0.25) is 5.91 Å². The van der Waals surface area contributed by atoms with E-state index in [1.165, 1.54) is 5.39 Å². The van der Waals surface area contributed by atoms with Gasteiger partial charge in [0.25, 0.3) is 0 Å². The van der Waals surface area contributed by atoms with Crippen LogP contribution in [0.3, 0.4) is 0 Å². The quantitative estimate of drug-likeness (QED) is 0.610. The SMILES string of the molecule is Cn1c(CNC(=O)CCn2ccc3ccccc32)nc2ccccc21. The van der Waals surface area contributed by atoms with Crippen LogP contribution in [0.4, 0.5) is 0 Å². The zero-order valence-corrected chi connectivity index (χ0v) is 14.1. The second kappa shape index (κ2) is 6.43. The van der Waals surface area contributed by atoms with E-state index in [9.17, 15) is 4.79 Å². The molecule has 2 aromatic heterocycles. The molecule has 0 atom stereocenters. The summed E-state index contributed by atoms with van der Waals surface area (Å²) in [6.45, 7) is 1.11. The molecule has 0 saturated heterocycles. The highest BCUT2D eigenvalue weighted by atomic mass is 16.1. The average molecular weight is 332 g/mol. The Morgan fingerprint density at radius 3 is 2.64 bits per heavy atom. The molecule has 0 aliphatic carbocycles. The van der Waals surface area contributed by atoms with Crippen LogP contribution in [0.25, 0.3) is 21.9 Å². The molecule has 0 saturated carbocycles. The fourth-order valence-corrected chi connectivity index (χ4v) is 3.18. The highest BCUT2D eigenvalue weighted by Crippen LogP contribution is 2.16. The summed E-state index contributed by atoms with van der Waals surface area (Å²) in [4.78, 5) is 16.8. The maximum absolute atomic E-state index is 12.2. The summed E-state index contributed by atoms with van der Waals surface area (Å²) in [5, 5.41) is 4.17. The normalized spacial score (nSPS) is 11.2. The highest BCUT2D eigenvalue weighted by molar-refractivity contribution is 5.81. The van der Waals surface area contributed by atoms with Crippen LogP contribution >= 0.6 is 0 Å². The van der Waals surface area contributed by atoms with Crippen LogP contribution in [-0.2, 0) is 24.9 Å². The molecular formula is C20H20N4O. The number of hydrogen-bond donors (Lipinski definition) is 1. The summed E-state index contributed by atoms with van der Waals surface area (Å²) in [6, 6.07) is 18.3. The molecule has 1 amide bonds. The van der Waals surface area contributed by atoms with Crippen molar-refractivity contribution in [1.29, 1.82) is 0 Å². The van der Waals surface area contributed by atoms with Crippen molar-refractivity contribution in [3.8, 4) is 0 Å². The Balaban J connectivity index is 1.38. The van der Waals surface area contributed by atoms with E-state index in [2.05, 4.69) is 33.1 Å². The lowest BCUT2D eigenvalue weighted by Gasteiger charge is -2.07. The zero-order chi connectivity index (χ0) is 17.2. The van der Waals surface area contributed by atoms with Gasteiger partial charge in [0, 0.05) is 31.7 Å². The lowest BCUT2D eigenvalue weighted by Crippen LogP contribution is -2.25. The van der Waals surface area contributed by atoms with E-state index in [0.29, 0.717) is 19.5 Å². The maximum Gasteiger partial charge on any atom is 0.222 e. The van der Waals surface area contributed by atoms with Gasteiger partial charge in [-0.15, -0.1) is 0 Å². The summed E-state index contributed by atoms with van der Waals surface area (Å²) in [6.07, 6.45) is 2.48. The van der Waals surface area contributed by atoms with E-state index in [0.717, 1.165) is 22.4 Å².